The second-order valence-corrected chi connectivity index (χ2v) is 5.92. The molecule has 0 bridgehead atoms. The van der Waals surface area contributed by atoms with E-state index in [9.17, 15) is 4.79 Å². The predicted molar refractivity (Wildman–Crippen MR) is 103 cm³/mol. The Morgan fingerprint density at radius 2 is 1.59 bits per heavy atom. The molecular formula is C15H33IN4O2. The summed E-state index contributed by atoms with van der Waals surface area (Å²) in [5.41, 5.74) is -0.465. The van der Waals surface area contributed by atoms with Crippen LogP contribution in [0.5, 0.6) is 0 Å². The maximum Gasteiger partial charge on any atom is 0.407 e. The average molecular weight is 428 g/mol. The van der Waals surface area contributed by atoms with Crippen molar-refractivity contribution in [1.82, 2.24) is 16.0 Å². The van der Waals surface area contributed by atoms with Crippen LogP contribution >= 0.6 is 24.0 Å². The molecule has 3 N–H and O–H groups in total. The second-order valence-electron chi connectivity index (χ2n) is 5.92. The van der Waals surface area contributed by atoms with E-state index in [4.69, 9.17) is 4.74 Å². The van der Waals surface area contributed by atoms with Crippen LogP contribution in [0.4, 0.5) is 4.79 Å². The molecule has 0 fully saturated rings. The molecule has 0 aliphatic rings. The number of hydrogen-bond donors (Lipinski definition) is 3. The molecule has 0 saturated carbocycles. The van der Waals surface area contributed by atoms with Crippen LogP contribution in [-0.4, -0.2) is 44.3 Å². The zero-order valence-electron chi connectivity index (χ0n) is 14.6. The number of alkyl carbamates (subject to hydrolysis) is 1. The van der Waals surface area contributed by atoms with Gasteiger partial charge in [0.25, 0.3) is 0 Å². The minimum atomic E-state index is -0.465. The molecule has 0 aromatic carbocycles. The second kappa shape index (κ2) is 13.9. The summed E-state index contributed by atoms with van der Waals surface area (Å²) in [6, 6.07) is 0. The van der Waals surface area contributed by atoms with Crippen molar-refractivity contribution in [3.05, 3.63) is 0 Å². The Labute approximate surface area is 152 Å². The van der Waals surface area contributed by atoms with Crippen molar-refractivity contribution < 1.29 is 9.53 Å². The summed E-state index contributed by atoms with van der Waals surface area (Å²) in [6.07, 6.45) is 4.49. The van der Waals surface area contributed by atoms with Gasteiger partial charge in [0.2, 0.25) is 0 Å². The summed E-state index contributed by atoms with van der Waals surface area (Å²) in [5, 5.41) is 9.09. The summed E-state index contributed by atoms with van der Waals surface area (Å²) >= 11 is 0. The first kappa shape index (κ1) is 23.5. The Morgan fingerprint density at radius 1 is 1.00 bits per heavy atom. The lowest BCUT2D eigenvalue weighted by atomic mass is 10.2. The van der Waals surface area contributed by atoms with E-state index in [1.54, 1.807) is 7.05 Å². The fourth-order valence-electron chi connectivity index (χ4n) is 1.64. The lowest BCUT2D eigenvalue weighted by molar-refractivity contribution is 0.0529. The fraction of sp³-hybridized carbons (Fsp3) is 0.867. The molecule has 0 aliphatic heterocycles. The van der Waals surface area contributed by atoms with E-state index >= 15 is 0 Å². The number of aliphatic imine (C=N–C) groups is 1. The molecule has 0 aromatic rings. The van der Waals surface area contributed by atoms with Gasteiger partial charge in [0, 0.05) is 26.7 Å². The molecule has 132 valence electrons. The molecule has 1 amide bonds. The number of ether oxygens (including phenoxy) is 1. The van der Waals surface area contributed by atoms with Crippen molar-refractivity contribution >= 4 is 36.0 Å². The third-order valence-electron chi connectivity index (χ3n) is 2.63. The van der Waals surface area contributed by atoms with Gasteiger partial charge in [-0.3, -0.25) is 4.99 Å². The van der Waals surface area contributed by atoms with Gasteiger partial charge in [-0.15, -0.1) is 24.0 Å². The zero-order chi connectivity index (χ0) is 16.1. The third kappa shape index (κ3) is 15.7. The van der Waals surface area contributed by atoms with Crippen LogP contribution in [0.15, 0.2) is 4.99 Å². The maximum atomic E-state index is 11.4. The molecule has 0 unspecified atom stereocenters. The number of carbonyl (C=O) groups is 1. The van der Waals surface area contributed by atoms with Crippen molar-refractivity contribution in [2.24, 2.45) is 4.99 Å². The minimum absolute atomic E-state index is 0. The first-order chi connectivity index (χ1) is 9.89. The molecule has 0 radical (unpaired) electrons. The molecule has 0 saturated heterocycles. The zero-order valence-corrected chi connectivity index (χ0v) is 17.0. The number of unbranched alkanes of at least 4 members (excludes halogenated alkanes) is 3. The van der Waals surface area contributed by atoms with Gasteiger partial charge in [0.15, 0.2) is 5.96 Å². The van der Waals surface area contributed by atoms with Gasteiger partial charge >= 0.3 is 6.09 Å². The largest absolute Gasteiger partial charge is 0.444 e. The third-order valence-corrected chi connectivity index (χ3v) is 2.63. The number of carbonyl (C=O) groups excluding carboxylic acids is 1. The molecule has 0 rings (SSSR count). The Hall–Kier alpha value is -0.730. The molecule has 0 spiro atoms. The fourth-order valence-corrected chi connectivity index (χ4v) is 1.64. The van der Waals surface area contributed by atoms with E-state index in [-0.39, 0.29) is 24.0 Å². The van der Waals surface area contributed by atoms with Gasteiger partial charge in [0.1, 0.15) is 5.60 Å². The van der Waals surface area contributed by atoms with Crippen molar-refractivity contribution in [3.8, 4) is 0 Å². The summed E-state index contributed by atoms with van der Waals surface area (Å²) in [7, 11) is 1.74. The normalized spacial score (nSPS) is 11.4. The van der Waals surface area contributed by atoms with Crippen LogP contribution in [0.2, 0.25) is 0 Å². The van der Waals surface area contributed by atoms with E-state index < -0.39 is 11.7 Å². The van der Waals surface area contributed by atoms with Crippen molar-refractivity contribution in [1.29, 1.82) is 0 Å². The van der Waals surface area contributed by atoms with Crippen LogP contribution in [0.25, 0.3) is 0 Å². The minimum Gasteiger partial charge on any atom is -0.444 e. The molecule has 0 heterocycles. The van der Waals surface area contributed by atoms with Crippen molar-refractivity contribution in [2.45, 2.75) is 59.0 Å². The molecule has 0 atom stereocenters. The summed E-state index contributed by atoms with van der Waals surface area (Å²) in [6.45, 7) is 9.74. The van der Waals surface area contributed by atoms with Crippen molar-refractivity contribution in [2.75, 3.05) is 26.7 Å². The Balaban J connectivity index is 0. The number of amides is 1. The summed E-state index contributed by atoms with van der Waals surface area (Å²) in [4.78, 5) is 15.6. The Morgan fingerprint density at radius 3 is 2.14 bits per heavy atom. The Bertz CT molecular complexity index is 317. The summed E-state index contributed by atoms with van der Waals surface area (Å²) < 4.78 is 5.15. The van der Waals surface area contributed by atoms with Crippen LogP contribution in [0, 0.1) is 0 Å². The molecular weight excluding hydrogens is 395 g/mol. The maximum absolute atomic E-state index is 11.4. The molecule has 6 nitrogen and oxygen atoms in total. The highest BCUT2D eigenvalue weighted by Crippen LogP contribution is 2.05. The number of nitrogens with one attached hydrogen (secondary N) is 3. The average Bonchev–Trinajstić information content (AvgIpc) is 2.39. The van der Waals surface area contributed by atoms with E-state index in [1.165, 1.54) is 19.3 Å². The van der Waals surface area contributed by atoms with Gasteiger partial charge in [-0.25, -0.2) is 4.79 Å². The van der Waals surface area contributed by atoms with Crippen LogP contribution in [0.1, 0.15) is 53.4 Å². The SMILES string of the molecule is CCCCCCNC(=NC)NCCNC(=O)OC(C)(C)C.I. The number of nitrogens with zero attached hydrogens (tertiary/aromatic N) is 1. The van der Waals surface area contributed by atoms with Gasteiger partial charge in [-0.2, -0.15) is 0 Å². The molecule has 0 aromatic heterocycles. The lowest BCUT2D eigenvalue weighted by Gasteiger charge is -2.19. The number of rotatable bonds is 8. The summed E-state index contributed by atoms with van der Waals surface area (Å²) in [5.74, 6) is 0.762. The van der Waals surface area contributed by atoms with E-state index in [0.717, 1.165) is 18.9 Å². The van der Waals surface area contributed by atoms with Crippen LogP contribution in [-0.2, 0) is 4.74 Å². The smallest absolute Gasteiger partial charge is 0.407 e. The number of guanidine groups is 1. The molecule has 0 aliphatic carbocycles. The number of halogens is 1. The number of hydrogen-bond acceptors (Lipinski definition) is 3. The standard InChI is InChI=1S/C15H32N4O2.HI/c1-6-7-8-9-10-17-13(16-5)18-11-12-19-14(20)21-15(2,3)4;/h6-12H2,1-5H3,(H,19,20)(H2,16,17,18);1H. The van der Waals surface area contributed by atoms with Crippen LogP contribution in [0.3, 0.4) is 0 Å². The monoisotopic (exact) mass is 428 g/mol. The molecule has 22 heavy (non-hydrogen) atoms. The van der Waals surface area contributed by atoms with E-state index in [2.05, 4.69) is 27.9 Å². The Kier molecular flexibility index (Phi) is 14.9. The van der Waals surface area contributed by atoms with Crippen LogP contribution < -0.4 is 16.0 Å². The first-order valence-electron chi connectivity index (χ1n) is 7.80. The highest BCUT2D eigenvalue weighted by Gasteiger charge is 2.15. The lowest BCUT2D eigenvalue weighted by Crippen LogP contribution is -2.42. The topological polar surface area (TPSA) is 74.8 Å². The first-order valence-corrected chi connectivity index (χ1v) is 7.80. The van der Waals surface area contributed by atoms with Crippen molar-refractivity contribution in [3.63, 3.8) is 0 Å². The quantitative estimate of drug-likeness (QED) is 0.241. The molecule has 7 heteroatoms. The van der Waals surface area contributed by atoms with Gasteiger partial charge < -0.3 is 20.7 Å². The highest BCUT2D eigenvalue weighted by atomic mass is 127. The highest BCUT2D eigenvalue weighted by molar-refractivity contribution is 14.0. The predicted octanol–water partition coefficient (Wildman–Crippen LogP) is 2.87. The van der Waals surface area contributed by atoms with E-state index in [0.29, 0.717) is 13.1 Å². The van der Waals surface area contributed by atoms with Gasteiger partial charge in [0.05, 0.1) is 0 Å². The van der Waals surface area contributed by atoms with Gasteiger partial charge in [-0.1, -0.05) is 26.2 Å². The van der Waals surface area contributed by atoms with Gasteiger partial charge in [-0.05, 0) is 27.2 Å². The van der Waals surface area contributed by atoms with E-state index in [1.807, 2.05) is 20.8 Å².